The first-order chi connectivity index (χ1) is 7.43. The molecular weight excluding hydrogens is 250 g/mol. The first kappa shape index (κ1) is 18.4. The molecule has 0 saturated carbocycles. The zero-order valence-corrected chi connectivity index (χ0v) is 10.8. The van der Waals surface area contributed by atoms with Gasteiger partial charge < -0.3 is 16.0 Å². The Hall–Kier alpha value is -0.960. The standard InChI is InChI=1S/C9H16O6S.H3N/c1-3-5-14-9(11)8(2)7-16(12,13)15-6-4-10;/h7,10H,3-6H2,1-2H3;1H3. The summed E-state index contributed by atoms with van der Waals surface area (Å²) >= 11 is 0. The summed E-state index contributed by atoms with van der Waals surface area (Å²) in [4.78, 5) is 11.2. The number of hydrogen-bond acceptors (Lipinski definition) is 7. The Kier molecular flexibility index (Phi) is 9.86. The van der Waals surface area contributed by atoms with Crippen molar-refractivity contribution in [3.8, 4) is 0 Å². The number of hydrogen-bond donors (Lipinski definition) is 2. The number of carbonyl (C=O) groups excluding carboxylic acids is 1. The highest BCUT2D eigenvalue weighted by Crippen LogP contribution is 2.04. The van der Waals surface area contributed by atoms with E-state index < -0.39 is 22.7 Å². The molecule has 0 radical (unpaired) electrons. The lowest BCUT2D eigenvalue weighted by Crippen LogP contribution is -2.11. The largest absolute Gasteiger partial charge is 0.462 e. The summed E-state index contributed by atoms with van der Waals surface area (Å²) in [5, 5.41) is 9.07. The molecule has 0 aliphatic rings. The van der Waals surface area contributed by atoms with Crippen LogP contribution < -0.4 is 6.15 Å². The van der Waals surface area contributed by atoms with E-state index in [2.05, 4.69) is 4.18 Å². The van der Waals surface area contributed by atoms with E-state index in [1.807, 2.05) is 6.92 Å². The summed E-state index contributed by atoms with van der Waals surface area (Å²) in [5.74, 6) is -0.696. The van der Waals surface area contributed by atoms with Crippen molar-refractivity contribution in [2.45, 2.75) is 20.3 Å². The maximum atomic E-state index is 11.2. The molecule has 0 unspecified atom stereocenters. The average molecular weight is 269 g/mol. The lowest BCUT2D eigenvalue weighted by molar-refractivity contribution is -0.138. The maximum absolute atomic E-state index is 11.2. The predicted octanol–water partition coefficient (Wildman–Crippen LogP) is 0.344. The minimum atomic E-state index is -3.94. The molecule has 0 amide bonds. The van der Waals surface area contributed by atoms with E-state index in [1.54, 1.807) is 0 Å². The Morgan fingerprint density at radius 3 is 2.41 bits per heavy atom. The Morgan fingerprint density at radius 2 is 1.94 bits per heavy atom. The van der Waals surface area contributed by atoms with Gasteiger partial charge in [-0.05, 0) is 13.3 Å². The second-order valence-electron chi connectivity index (χ2n) is 2.98. The fraction of sp³-hybridized carbons (Fsp3) is 0.667. The smallest absolute Gasteiger partial charge is 0.334 e. The van der Waals surface area contributed by atoms with Crippen molar-refractivity contribution < 1.29 is 27.2 Å². The van der Waals surface area contributed by atoms with E-state index >= 15 is 0 Å². The molecule has 0 aromatic rings. The van der Waals surface area contributed by atoms with Gasteiger partial charge in [-0.3, -0.25) is 4.18 Å². The summed E-state index contributed by atoms with van der Waals surface area (Å²) in [7, 11) is -3.94. The summed E-state index contributed by atoms with van der Waals surface area (Å²) < 4.78 is 31.4. The molecule has 0 rings (SSSR count). The van der Waals surface area contributed by atoms with Gasteiger partial charge in [0.25, 0.3) is 10.1 Å². The molecule has 0 aromatic carbocycles. The molecule has 17 heavy (non-hydrogen) atoms. The zero-order chi connectivity index (χ0) is 12.6. The summed E-state index contributed by atoms with van der Waals surface area (Å²) in [6.45, 7) is 2.63. The van der Waals surface area contributed by atoms with Crippen LogP contribution in [0.1, 0.15) is 20.3 Å². The third-order valence-corrected chi connectivity index (χ3v) is 2.56. The van der Waals surface area contributed by atoms with Gasteiger partial charge in [-0.15, -0.1) is 0 Å². The van der Waals surface area contributed by atoms with Crippen LogP contribution in [0.5, 0.6) is 0 Å². The van der Waals surface area contributed by atoms with Crippen molar-refractivity contribution in [1.82, 2.24) is 6.15 Å². The van der Waals surface area contributed by atoms with Gasteiger partial charge in [-0.25, -0.2) is 4.79 Å². The molecule has 4 N–H and O–H groups in total. The Morgan fingerprint density at radius 1 is 1.35 bits per heavy atom. The fourth-order valence-electron chi connectivity index (χ4n) is 0.761. The molecule has 7 nitrogen and oxygen atoms in total. The van der Waals surface area contributed by atoms with E-state index in [0.29, 0.717) is 11.8 Å². The number of carbonyl (C=O) groups is 1. The van der Waals surface area contributed by atoms with E-state index in [4.69, 9.17) is 9.84 Å². The lowest BCUT2D eigenvalue weighted by Gasteiger charge is -2.03. The highest BCUT2D eigenvalue weighted by atomic mass is 32.2. The third kappa shape index (κ3) is 8.81. The predicted molar refractivity (Wildman–Crippen MR) is 62.0 cm³/mol. The molecule has 102 valence electrons. The van der Waals surface area contributed by atoms with Gasteiger partial charge in [0, 0.05) is 5.57 Å². The maximum Gasteiger partial charge on any atom is 0.334 e. The van der Waals surface area contributed by atoms with Crippen molar-refractivity contribution >= 4 is 16.1 Å². The minimum Gasteiger partial charge on any atom is -0.462 e. The molecule has 8 heteroatoms. The van der Waals surface area contributed by atoms with E-state index in [-0.39, 0.29) is 24.9 Å². The molecule has 0 atom stereocenters. The Balaban J connectivity index is 0. The van der Waals surface area contributed by atoms with E-state index in [1.165, 1.54) is 6.92 Å². The molecule has 0 heterocycles. The van der Waals surface area contributed by atoms with Gasteiger partial charge in [0.05, 0.1) is 25.2 Å². The first-order valence-corrected chi connectivity index (χ1v) is 6.25. The number of esters is 1. The van der Waals surface area contributed by atoms with Crippen LogP contribution in [0.2, 0.25) is 0 Å². The molecule has 0 aliphatic carbocycles. The average Bonchev–Trinajstić information content (AvgIpc) is 2.22. The van der Waals surface area contributed by atoms with Crippen molar-refractivity contribution in [3.05, 3.63) is 11.0 Å². The van der Waals surface area contributed by atoms with Gasteiger partial charge in [-0.1, -0.05) is 6.92 Å². The number of rotatable bonds is 7. The molecule has 0 bridgehead atoms. The van der Waals surface area contributed by atoms with Crippen LogP contribution in [0.3, 0.4) is 0 Å². The van der Waals surface area contributed by atoms with Crippen LogP contribution in [-0.4, -0.2) is 39.3 Å². The van der Waals surface area contributed by atoms with Gasteiger partial charge in [0.15, 0.2) is 0 Å². The SMILES string of the molecule is CCCOC(=O)C(C)=CS(=O)(=O)OCCO.N. The fourth-order valence-corrected chi connectivity index (χ4v) is 1.66. The number of ether oxygens (including phenoxy) is 1. The van der Waals surface area contributed by atoms with Crippen LogP contribution >= 0.6 is 0 Å². The minimum absolute atomic E-state index is 0. The highest BCUT2D eigenvalue weighted by molar-refractivity contribution is 7.89. The Bertz CT molecular complexity index is 348. The molecule has 0 saturated heterocycles. The van der Waals surface area contributed by atoms with Crippen LogP contribution in [0.4, 0.5) is 0 Å². The van der Waals surface area contributed by atoms with Crippen molar-refractivity contribution in [1.29, 1.82) is 0 Å². The van der Waals surface area contributed by atoms with Crippen molar-refractivity contribution in [3.63, 3.8) is 0 Å². The third-order valence-electron chi connectivity index (χ3n) is 1.42. The van der Waals surface area contributed by atoms with Crippen molar-refractivity contribution in [2.75, 3.05) is 19.8 Å². The number of aliphatic hydroxyl groups excluding tert-OH is 1. The van der Waals surface area contributed by atoms with Crippen LogP contribution in [0, 0.1) is 0 Å². The van der Waals surface area contributed by atoms with Gasteiger partial charge in [-0.2, -0.15) is 8.42 Å². The van der Waals surface area contributed by atoms with Gasteiger partial charge in [0.2, 0.25) is 0 Å². The first-order valence-electron chi connectivity index (χ1n) is 4.78. The van der Waals surface area contributed by atoms with Crippen LogP contribution in [0.25, 0.3) is 0 Å². The quantitative estimate of drug-likeness (QED) is 0.388. The van der Waals surface area contributed by atoms with Crippen LogP contribution in [0.15, 0.2) is 11.0 Å². The zero-order valence-electron chi connectivity index (χ0n) is 10.0. The summed E-state index contributed by atoms with van der Waals surface area (Å²) in [6.07, 6.45) is 0.660. The molecule has 0 aliphatic heterocycles. The Labute approximate surface area is 101 Å². The van der Waals surface area contributed by atoms with E-state index in [9.17, 15) is 13.2 Å². The lowest BCUT2D eigenvalue weighted by atomic mass is 10.4. The summed E-state index contributed by atoms with van der Waals surface area (Å²) in [6, 6.07) is 0. The van der Waals surface area contributed by atoms with E-state index in [0.717, 1.165) is 0 Å². The topological polar surface area (TPSA) is 125 Å². The second kappa shape index (κ2) is 9.11. The van der Waals surface area contributed by atoms with Crippen LogP contribution in [-0.2, 0) is 23.8 Å². The van der Waals surface area contributed by atoms with Gasteiger partial charge >= 0.3 is 5.97 Å². The summed E-state index contributed by atoms with van der Waals surface area (Å²) in [5.41, 5.74) is -0.0635. The van der Waals surface area contributed by atoms with Gasteiger partial charge in [0.1, 0.15) is 0 Å². The molecule has 0 spiro atoms. The molecular formula is C9H19NO6S. The monoisotopic (exact) mass is 269 g/mol. The normalized spacial score (nSPS) is 11.8. The molecule has 0 fully saturated rings. The van der Waals surface area contributed by atoms with Crippen molar-refractivity contribution in [2.24, 2.45) is 0 Å². The highest BCUT2D eigenvalue weighted by Gasteiger charge is 2.12. The second-order valence-corrected chi connectivity index (χ2v) is 4.43. The molecule has 0 aromatic heterocycles. The number of aliphatic hydroxyl groups is 1.